The summed E-state index contributed by atoms with van der Waals surface area (Å²) < 4.78 is 0. The van der Waals surface area contributed by atoms with Crippen LogP contribution in [0.25, 0.3) is 0 Å². The second-order valence-corrected chi connectivity index (χ2v) is 3.43. The van der Waals surface area contributed by atoms with E-state index in [0.717, 1.165) is 0 Å². The van der Waals surface area contributed by atoms with Gasteiger partial charge in [0.1, 0.15) is 0 Å². The van der Waals surface area contributed by atoms with Crippen molar-refractivity contribution in [3.8, 4) is 0 Å². The molecule has 0 rings (SSSR count). The predicted molar refractivity (Wildman–Crippen MR) is 49.1 cm³/mol. The van der Waals surface area contributed by atoms with Crippen molar-refractivity contribution in [3.63, 3.8) is 0 Å². The lowest BCUT2D eigenvalue weighted by Crippen LogP contribution is -2.31. The van der Waals surface area contributed by atoms with Gasteiger partial charge in [0.2, 0.25) is 5.91 Å². The van der Waals surface area contributed by atoms with Crippen molar-refractivity contribution in [2.75, 3.05) is 6.26 Å². The fourth-order valence-corrected chi connectivity index (χ4v) is 0.866. The van der Waals surface area contributed by atoms with Gasteiger partial charge in [0.05, 0.1) is 11.5 Å². The number of hydrogen-bond acceptors (Lipinski definition) is 3. The molecular weight excluding hydrogens is 160 g/mol. The molecule has 0 aromatic carbocycles. The molecule has 0 aromatic rings. The Kier molecular flexibility index (Phi) is 4.94. The van der Waals surface area contributed by atoms with Gasteiger partial charge in [-0.15, -0.1) is 11.8 Å². The van der Waals surface area contributed by atoms with E-state index in [1.807, 2.05) is 13.8 Å². The molecule has 4 heteroatoms. The third-order valence-corrected chi connectivity index (χ3v) is 1.65. The van der Waals surface area contributed by atoms with Crippen molar-refractivity contribution in [3.05, 3.63) is 0 Å². The predicted octanol–water partition coefficient (Wildman–Crippen LogP) is 1.24. The van der Waals surface area contributed by atoms with E-state index in [4.69, 9.17) is 5.41 Å². The second kappa shape index (κ2) is 5.18. The molecule has 0 aliphatic carbocycles. The highest BCUT2D eigenvalue weighted by atomic mass is 32.2. The van der Waals surface area contributed by atoms with E-state index < -0.39 is 0 Å². The molecule has 0 heterocycles. The minimum absolute atomic E-state index is 0.0700. The van der Waals surface area contributed by atoms with Gasteiger partial charge in [0, 0.05) is 6.04 Å². The van der Waals surface area contributed by atoms with Crippen LogP contribution in [-0.2, 0) is 4.79 Å². The Morgan fingerprint density at radius 3 is 2.55 bits per heavy atom. The number of rotatable bonds is 3. The van der Waals surface area contributed by atoms with E-state index in [2.05, 4.69) is 5.32 Å². The molecule has 0 aliphatic rings. The third kappa shape index (κ3) is 5.91. The van der Waals surface area contributed by atoms with E-state index in [0.29, 0.717) is 5.04 Å². The number of carbonyl (C=O) groups excluding carboxylic acids is 1. The van der Waals surface area contributed by atoms with Crippen LogP contribution in [0.3, 0.4) is 0 Å². The van der Waals surface area contributed by atoms with Crippen molar-refractivity contribution in [2.45, 2.75) is 26.3 Å². The van der Waals surface area contributed by atoms with Crippen LogP contribution in [0.15, 0.2) is 0 Å². The average Bonchev–Trinajstić information content (AvgIpc) is 1.85. The first-order valence-electron chi connectivity index (χ1n) is 3.47. The summed E-state index contributed by atoms with van der Waals surface area (Å²) in [5, 5.41) is 10.3. The minimum atomic E-state index is -0.0700. The lowest BCUT2D eigenvalue weighted by Gasteiger charge is -2.07. The zero-order valence-corrected chi connectivity index (χ0v) is 7.92. The van der Waals surface area contributed by atoms with Crippen LogP contribution in [0.4, 0.5) is 0 Å². The van der Waals surface area contributed by atoms with Gasteiger partial charge in [-0.2, -0.15) is 0 Å². The maximum atomic E-state index is 11.0. The molecular formula is C7H14N2OS. The molecule has 0 atom stereocenters. The SMILES string of the molecule is CSC(=N)CC(=O)NC(C)C. The van der Waals surface area contributed by atoms with E-state index >= 15 is 0 Å². The fourth-order valence-electron chi connectivity index (χ4n) is 0.591. The Morgan fingerprint density at radius 2 is 2.18 bits per heavy atom. The smallest absolute Gasteiger partial charge is 0.226 e. The third-order valence-electron chi connectivity index (χ3n) is 1.02. The molecule has 64 valence electrons. The summed E-state index contributed by atoms with van der Waals surface area (Å²) >= 11 is 1.30. The highest BCUT2D eigenvalue weighted by Gasteiger charge is 2.05. The zero-order chi connectivity index (χ0) is 8.85. The Labute approximate surface area is 71.4 Å². The van der Waals surface area contributed by atoms with E-state index in [-0.39, 0.29) is 18.4 Å². The van der Waals surface area contributed by atoms with Gasteiger partial charge in [-0.05, 0) is 20.1 Å². The van der Waals surface area contributed by atoms with Crippen LogP contribution >= 0.6 is 11.8 Å². The molecule has 3 nitrogen and oxygen atoms in total. The largest absolute Gasteiger partial charge is 0.354 e. The fraction of sp³-hybridized carbons (Fsp3) is 0.714. The number of hydrogen-bond donors (Lipinski definition) is 2. The number of nitrogens with one attached hydrogen (secondary N) is 2. The van der Waals surface area contributed by atoms with Crippen LogP contribution in [-0.4, -0.2) is 23.2 Å². The zero-order valence-electron chi connectivity index (χ0n) is 7.10. The first kappa shape index (κ1) is 10.5. The molecule has 0 fully saturated rings. The molecule has 0 saturated carbocycles. The molecule has 0 aromatic heterocycles. The Hall–Kier alpha value is -0.510. The van der Waals surface area contributed by atoms with Gasteiger partial charge in [-0.3, -0.25) is 10.2 Å². The van der Waals surface area contributed by atoms with Crippen LogP contribution in [0, 0.1) is 5.41 Å². The van der Waals surface area contributed by atoms with Crippen molar-refractivity contribution >= 4 is 22.7 Å². The lowest BCUT2D eigenvalue weighted by molar-refractivity contribution is -0.120. The maximum Gasteiger partial charge on any atom is 0.226 e. The van der Waals surface area contributed by atoms with Crippen molar-refractivity contribution in [1.82, 2.24) is 5.32 Å². The lowest BCUT2D eigenvalue weighted by atomic mass is 10.3. The van der Waals surface area contributed by atoms with Gasteiger partial charge >= 0.3 is 0 Å². The molecule has 0 aliphatic heterocycles. The van der Waals surface area contributed by atoms with Crippen LogP contribution < -0.4 is 5.32 Å². The molecule has 0 spiro atoms. The number of thioether (sulfide) groups is 1. The van der Waals surface area contributed by atoms with Crippen molar-refractivity contribution in [1.29, 1.82) is 5.41 Å². The van der Waals surface area contributed by atoms with Crippen molar-refractivity contribution < 1.29 is 4.79 Å². The van der Waals surface area contributed by atoms with E-state index in [9.17, 15) is 4.79 Å². The van der Waals surface area contributed by atoms with Crippen LogP contribution in [0.2, 0.25) is 0 Å². The first-order valence-corrected chi connectivity index (χ1v) is 4.69. The summed E-state index contributed by atoms with van der Waals surface area (Å²) in [4.78, 5) is 11.0. The summed E-state index contributed by atoms with van der Waals surface area (Å²) in [6.45, 7) is 3.81. The monoisotopic (exact) mass is 174 g/mol. The Bertz CT molecular complexity index is 157. The highest BCUT2D eigenvalue weighted by Crippen LogP contribution is 1.99. The normalized spacial score (nSPS) is 9.82. The summed E-state index contributed by atoms with van der Waals surface area (Å²) in [6, 6.07) is 0.164. The second-order valence-electron chi connectivity index (χ2n) is 2.53. The Balaban J connectivity index is 3.61. The van der Waals surface area contributed by atoms with Crippen LogP contribution in [0.1, 0.15) is 20.3 Å². The van der Waals surface area contributed by atoms with E-state index in [1.165, 1.54) is 11.8 Å². The standard InChI is InChI=1S/C7H14N2OS/c1-5(2)9-7(10)4-6(8)11-3/h5,8H,4H2,1-3H3,(H,9,10). The molecule has 0 bridgehead atoms. The van der Waals surface area contributed by atoms with Gasteiger partial charge in [-0.25, -0.2) is 0 Å². The van der Waals surface area contributed by atoms with Gasteiger partial charge < -0.3 is 5.32 Å². The molecule has 1 amide bonds. The molecule has 2 N–H and O–H groups in total. The average molecular weight is 174 g/mol. The summed E-state index contributed by atoms with van der Waals surface area (Å²) in [5.41, 5.74) is 0. The number of amides is 1. The first-order chi connectivity index (χ1) is 5.06. The maximum absolute atomic E-state index is 11.0. The summed E-state index contributed by atoms with van der Waals surface area (Å²) in [7, 11) is 0. The number of carbonyl (C=O) groups is 1. The Morgan fingerprint density at radius 1 is 1.64 bits per heavy atom. The molecule has 0 unspecified atom stereocenters. The summed E-state index contributed by atoms with van der Waals surface area (Å²) in [6.07, 6.45) is 2.00. The quantitative estimate of drug-likeness (QED) is 0.499. The molecule has 0 saturated heterocycles. The minimum Gasteiger partial charge on any atom is -0.354 e. The topological polar surface area (TPSA) is 53.0 Å². The van der Waals surface area contributed by atoms with Crippen LogP contribution in [0.5, 0.6) is 0 Å². The van der Waals surface area contributed by atoms with Gasteiger partial charge in [0.15, 0.2) is 0 Å². The van der Waals surface area contributed by atoms with Gasteiger partial charge in [-0.1, -0.05) is 0 Å². The van der Waals surface area contributed by atoms with Gasteiger partial charge in [0.25, 0.3) is 0 Å². The molecule has 11 heavy (non-hydrogen) atoms. The molecule has 0 radical (unpaired) electrons. The summed E-state index contributed by atoms with van der Waals surface area (Å²) in [5.74, 6) is -0.0700. The van der Waals surface area contributed by atoms with E-state index in [1.54, 1.807) is 6.26 Å². The highest BCUT2D eigenvalue weighted by molar-refractivity contribution is 8.13. The van der Waals surface area contributed by atoms with Crippen molar-refractivity contribution in [2.24, 2.45) is 0 Å².